The van der Waals surface area contributed by atoms with Crippen molar-refractivity contribution in [3.05, 3.63) is 69.8 Å². The normalized spacial score (nSPS) is 12.9. The van der Waals surface area contributed by atoms with E-state index in [1.807, 2.05) is 0 Å². The number of rotatable bonds is 7. The molecular weight excluding hydrogens is 326 g/mol. The van der Waals surface area contributed by atoms with E-state index in [2.05, 4.69) is 0 Å². The maximum Gasteiger partial charge on any atom is 0.303 e. The van der Waals surface area contributed by atoms with E-state index in [1.54, 1.807) is 31.4 Å². The number of nitro groups is 1. The summed E-state index contributed by atoms with van der Waals surface area (Å²) < 4.78 is 10.4. The van der Waals surface area contributed by atoms with Crippen molar-refractivity contribution in [2.24, 2.45) is 0 Å². The van der Waals surface area contributed by atoms with Crippen molar-refractivity contribution in [2.75, 3.05) is 7.11 Å². The lowest BCUT2D eigenvalue weighted by molar-refractivity contribution is -0.384. The fraction of sp³-hybridized carbons (Fsp3) is 0.278. The van der Waals surface area contributed by atoms with Crippen molar-refractivity contribution in [1.82, 2.24) is 0 Å². The van der Waals surface area contributed by atoms with E-state index in [4.69, 9.17) is 9.47 Å². The lowest BCUT2D eigenvalue weighted by Crippen LogP contribution is -2.12. The van der Waals surface area contributed by atoms with Crippen LogP contribution in [0.4, 0.5) is 5.69 Å². The zero-order valence-corrected chi connectivity index (χ0v) is 13.9. The Morgan fingerprint density at radius 3 is 2.16 bits per heavy atom. The van der Waals surface area contributed by atoms with Crippen molar-refractivity contribution in [1.29, 1.82) is 0 Å². The van der Waals surface area contributed by atoms with Crippen molar-refractivity contribution in [3.63, 3.8) is 0 Å². The van der Waals surface area contributed by atoms with Gasteiger partial charge < -0.3 is 14.6 Å². The van der Waals surface area contributed by atoms with Gasteiger partial charge >= 0.3 is 5.97 Å². The summed E-state index contributed by atoms with van der Waals surface area (Å²) in [5, 5.41) is 21.1. The van der Waals surface area contributed by atoms with Crippen molar-refractivity contribution < 1.29 is 24.3 Å². The summed E-state index contributed by atoms with van der Waals surface area (Å²) in [6, 6.07) is 12.6. The quantitative estimate of drug-likeness (QED) is 0.469. The summed E-state index contributed by atoms with van der Waals surface area (Å²) >= 11 is 0. The van der Waals surface area contributed by atoms with Crippen LogP contribution < -0.4 is 4.74 Å². The van der Waals surface area contributed by atoms with E-state index >= 15 is 0 Å². The molecule has 2 rings (SSSR count). The molecule has 0 heterocycles. The van der Waals surface area contributed by atoms with Gasteiger partial charge in [-0.25, -0.2) is 0 Å². The molecule has 0 aliphatic rings. The molecule has 2 aromatic carbocycles. The first-order valence-corrected chi connectivity index (χ1v) is 7.64. The third-order valence-corrected chi connectivity index (χ3v) is 3.72. The van der Waals surface area contributed by atoms with Gasteiger partial charge in [0.2, 0.25) is 0 Å². The molecule has 25 heavy (non-hydrogen) atoms. The van der Waals surface area contributed by atoms with Crippen molar-refractivity contribution >= 4 is 11.7 Å². The average Bonchev–Trinajstić information content (AvgIpc) is 2.61. The highest BCUT2D eigenvalue weighted by atomic mass is 16.6. The summed E-state index contributed by atoms with van der Waals surface area (Å²) in [6.45, 7) is 1.30. The fourth-order valence-corrected chi connectivity index (χ4v) is 2.43. The Kier molecular flexibility index (Phi) is 6.08. The number of hydrogen-bond acceptors (Lipinski definition) is 6. The Balaban J connectivity index is 2.17. The SMILES string of the molecule is COc1ccc([C@H](C[C@@H](O)c2ccc([N+](=O)[O-])cc2)OC(C)=O)cc1. The standard InChI is InChI=1S/C18H19NO6/c1-12(20)25-18(14-5-9-16(24-2)10-6-14)11-17(21)13-3-7-15(8-4-13)19(22)23/h3-10,17-18,21H,11H2,1-2H3/t17-,18+/m1/s1. The van der Waals surface area contributed by atoms with Gasteiger partial charge in [0.1, 0.15) is 11.9 Å². The van der Waals surface area contributed by atoms with Crippen LogP contribution in [0.25, 0.3) is 0 Å². The van der Waals surface area contributed by atoms with Gasteiger partial charge in [-0.3, -0.25) is 14.9 Å². The van der Waals surface area contributed by atoms with Gasteiger partial charge in [0.25, 0.3) is 5.69 Å². The predicted octanol–water partition coefficient (Wildman–Crippen LogP) is 3.33. The first-order chi connectivity index (χ1) is 11.9. The highest BCUT2D eigenvalue weighted by molar-refractivity contribution is 5.66. The Bertz CT molecular complexity index is 726. The van der Waals surface area contributed by atoms with Gasteiger partial charge in [-0.05, 0) is 35.4 Å². The second-order valence-electron chi connectivity index (χ2n) is 5.47. The van der Waals surface area contributed by atoms with Crippen LogP contribution in [-0.2, 0) is 9.53 Å². The molecule has 0 unspecified atom stereocenters. The zero-order chi connectivity index (χ0) is 18.4. The molecule has 0 saturated carbocycles. The number of aliphatic hydroxyl groups excluding tert-OH is 1. The van der Waals surface area contributed by atoms with E-state index in [0.717, 1.165) is 5.56 Å². The highest BCUT2D eigenvalue weighted by Gasteiger charge is 2.21. The predicted molar refractivity (Wildman–Crippen MR) is 90.2 cm³/mol. The van der Waals surface area contributed by atoms with Gasteiger partial charge in [-0.2, -0.15) is 0 Å². The van der Waals surface area contributed by atoms with Crippen molar-refractivity contribution in [3.8, 4) is 5.75 Å². The Labute approximate surface area is 145 Å². The topological polar surface area (TPSA) is 98.9 Å². The van der Waals surface area contributed by atoms with Crippen LogP contribution in [0.3, 0.4) is 0 Å². The molecule has 0 fully saturated rings. The number of esters is 1. The van der Waals surface area contributed by atoms with Crippen LogP contribution in [-0.4, -0.2) is 23.1 Å². The first-order valence-electron chi connectivity index (χ1n) is 7.64. The molecule has 0 bridgehead atoms. The maximum atomic E-state index is 11.4. The van der Waals surface area contributed by atoms with Crippen LogP contribution in [0, 0.1) is 10.1 Å². The van der Waals surface area contributed by atoms with Crippen LogP contribution in [0.15, 0.2) is 48.5 Å². The number of carbonyl (C=O) groups excluding carboxylic acids is 1. The lowest BCUT2D eigenvalue weighted by atomic mass is 9.98. The van der Waals surface area contributed by atoms with Crippen LogP contribution >= 0.6 is 0 Å². The van der Waals surface area contributed by atoms with Crippen LogP contribution in [0.1, 0.15) is 36.7 Å². The number of nitro benzene ring substituents is 1. The highest BCUT2D eigenvalue weighted by Crippen LogP contribution is 2.31. The molecule has 0 aliphatic carbocycles. The van der Waals surface area contributed by atoms with E-state index in [0.29, 0.717) is 11.3 Å². The van der Waals surface area contributed by atoms with E-state index in [9.17, 15) is 20.0 Å². The van der Waals surface area contributed by atoms with Crippen molar-refractivity contribution in [2.45, 2.75) is 25.6 Å². The molecule has 7 heteroatoms. The first kappa shape index (κ1) is 18.4. The van der Waals surface area contributed by atoms with E-state index in [-0.39, 0.29) is 12.1 Å². The second kappa shape index (κ2) is 8.25. The van der Waals surface area contributed by atoms with E-state index < -0.39 is 23.1 Å². The molecule has 1 N–H and O–H groups in total. The van der Waals surface area contributed by atoms with Gasteiger partial charge in [-0.15, -0.1) is 0 Å². The fourth-order valence-electron chi connectivity index (χ4n) is 2.43. The zero-order valence-electron chi connectivity index (χ0n) is 13.9. The number of carbonyl (C=O) groups is 1. The molecule has 0 spiro atoms. The number of benzene rings is 2. The Morgan fingerprint density at radius 1 is 1.12 bits per heavy atom. The minimum Gasteiger partial charge on any atom is -0.497 e. The molecule has 2 atom stereocenters. The smallest absolute Gasteiger partial charge is 0.303 e. The molecule has 0 aromatic heterocycles. The molecule has 7 nitrogen and oxygen atoms in total. The summed E-state index contributed by atoms with van der Waals surface area (Å²) in [6.07, 6.45) is -1.45. The maximum absolute atomic E-state index is 11.4. The van der Waals surface area contributed by atoms with E-state index in [1.165, 1.54) is 31.2 Å². The number of methoxy groups -OCH3 is 1. The summed E-state index contributed by atoms with van der Waals surface area (Å²) in [5.74, 6) is 0.206. The van der Waals surface area contributed by atoms with Gasteiger partial charge in [0.05, 0.1) is 18.1 Å². The minimum absolute atomic E-state index is 0.0531. The molecule has 132 valence electrons. The molecule has 0 saturated heterocycles. The van der Waals surface area contributed by atoms with Gasteiger partial charge in [-0.1, -0.05) is 12.1 Å². The third-order valence-electron chi connectivity index (χ3n) is 3.72. The molecule has 2 aromatic rings. The second-order valence-corrected chi connectivity index (χ2v) is 5.47. The summed E-state index contributed by atoms with van der Waals surface area (Å²) in [7, 11) is 1.55. The Hall–Kier alpha value is -2.93. The summed E-state index contributed by atoms with van der Waals surface area (Å²) in [4.78, 5) is 21.6. The molecular formula is C18H19NO6. The third kappa shape index (κ3) is 5.02. The summed E-state index contributed by atoms with van der Waals surface area (Å²) in [5.41, 5.74) is 1.18. The van der Waals surface area contributed by atoms with Gasteiger partial charge in [0, 0.05) is 25.5 Å². The number of hydrogen-bond donors (Lipinski definition) is 1. The lowest BCUT2D eigenvalue weighted by Gasteiger charge is -2.21. The molecule has 0 aliphatic heterocycles. The molecule has 0 radical (unpaired) electrons. The average molecular weight is 345 g/mol. The van der Waals surface area contributed by atoms with Crippen LogP contribution in [0.2, 0.25) is 0 Å². The minimum atomic E-state index is -0.938. The monoisotopic (exact) mass is 345 g/mol. The Morgan fingerprint density at radius 2 is 1.68 bits per heavy atom. The van der Waals surface area contributed by atoms with Gasteiger partial charge in [0.15, 0.2) is 0 Å². The number of nitrogens with zero attached hydrogens (tertiary/aromatic N) is 1. The number of non-ortho nitro benzene ring substituents is 1. The molecule has 0 amide bonds. The van der Waals surface area contributed by atoms with Crippen LogP contribution in [0.5, 0.6) is 5.75 Å². The number of aliphatic hydroxyl groups is 1. The number of ether oxygens (including phenoxy) is 2. The largest absolute Gasteiger partial charge is 0.497 e.